The summed E-state index contributed by atoms with van der Waals surface area (Å²) < 4.78 is 0. The van der Waals surface area contributed by atoms with E-state index in [1.54, 1.807) is 0 Å². The molecule has 0 bridgehead atoms. The zero-order chi connectivity index (χ0) is 12.1. The lowest BCUT2D eigenvalue weighted by Gasteiger charge is -2.27. The molecule has 0 aromatic heterocycles. The van der Waals surface area contributed by atoms with Crippen LogP contribution in [0.4, 0.5) is 0 Å². The van der Waals surface area contributed by atoms with Gasteiger partial charge in [-0.05, 0) is 30.9 Å². The van der Waals surface area contributed by atoms with Crippen LogP contribution in [-0.4, -0.2) is 23.9 Å². The first-order valence-electron chi connectivity index (χ1n) is 6.07. The van der Waals surface area contributed by atoms with Crippen LogP contribution in [0.5, 0.6) is 0 Å². The van der Waals surface area contributed by atoms with Crippen LogP contribution < -0.4 is 0 Å². The van der Waals surface area contributed by atoms with Gasteiger partial charge in [0.1, 0.15) is 0 Å². The summed E-state index contributed by atoms with van der Waals surface area (Å²) in [6.45, 7) is 1.69. The van der Waals surface area contributed by atoms with Crippen LogP contribution in [0.25, 0.3) is 0 Å². The molecule has 1 heterocycles. The summed E-state index contributed by atoms with van der Waals surface area (Å²) in [6, 6.07) is 9.53. The third-order valence-corrected chi connectivity index (χ3v) is 3.16. The highest BCUT2D eigenvalue weighted by Gasteiger charge is 2.19. The molecule has 3 heteroatoms. The zero-order valence-electron chi connectivity index (χ0n) is 9.85. The molecular formula is C14H16N2O. The van der Waals surface area contributed by atoms with Crippen LogP contribution in [0.2, 0.25) is 0 Å². The van der Waals surface area contributed by atoms with Crippen molar-refractivity contribution < 1.29 is 4.79 Å². The molecule has 2 rings (SSSR count). The van der Waals surface area contributed by atoms with Crippen LogP contribution >= 0.6 is 0 Å². The molecule has 88 valence electrons. The Bertz CT molecular complexity index is 442. The molecule has 1 aromatic carbocycles. The second kappa shape index (κ2) is 5.49. The second-order valence-corrected chi connectivity index (χ2v) is 4.34. The Hall–Kier alpha value is -1.82. The lowest BCUT2D eigenvalue weighted by atomic mass is 10.0. The number of likely N-dealkylation sites (tertiary alicyclic amines) is 1. The van der Waals surface area contributed by atoms with Crippen molar-refractivity contribution in [3.8, 4) is 6.07 Å². The molecule has 0 saturated carbocycles. The Labute approximate surface area is 102 Å². The average molecular weight is 228 g/mol. The van der Waals surface area contributed by atoms with Crippen molar-refractivity contribution in [1.82, 2.24) is 4.90 Å². The number of rotatable bonds is 2. The molecule has 0 spiro atoms. The summed E-state index contributed by atoms with van der Waals surface area (Å²) in [5.41, 5.74) is 1.53. The molecule has 0 N–H and O–H groups in total. The van der Waals surface area contributed by atoms with Crippen molar-refractivity contribution in [2.24, 2.45) is 0 Å². The van der Waals surface area contributed by atoms with Gasteiger partial charge in [-0.1, -0.05) is 18.2 Å². The molecule has 1 aliphatic heterocycles. The molecule has 1 amide bonds. The number of hydrogen-bond acceptors (Lipinski definition) is 2. The number of hydrogen-bond donors (Lipinski definition) is 0. The number of amides is 1. The Morgan fingerprint density at radius 3 is 2.65 bits per heavy atom. The molecule has 1 aliphatic rings. The highest BCUT2D eigenvalue weighted by atomic mass is 16.2. The number of nitriles is 1. The highest BCUT2D eigenvalue weighted by molar-refractivity contribution is 5.95. The number of carbonyl (C=O) groups excluding carboxylic acids is 1. The number of piperidine rings is 1. The van der Waals surface area contributed by atoms with Crippen LogP contribution in [0.15, 0.2) is 24.3 Å². The van der Waals surface area contributed by atoms with Gasteiger partial charge in [-0.2, -0.15) is 5.26 Å². The standard InChI is InChI=1S/C14H16N2O/c15-9-8-12-6-2-3-7-13(12)14(17)16-10-4-1-5-11-16/h2-3,6-7H,1,4-5,8,10-11H2. The van der Waals surface area contributed by atoms with Gasteiger partial charge in [0.25, 0.3) is 5.91 Å². The largest absolute Gasteiger partial charge is 0.339 e. The molecule has 17 heavy (non-hydrogen) atoms. The molecule has 3 nitrogen and oxygen atoms in total. The van der Waals surface area contributed by atoms with Gasteiger partial charge in [-0.3, -0.25) is 4.79 Å². The van der Waals surface area contributed by atoms with Gasteiger partial charge in [0, 0.05) is 18.7 Å². The Kier molecular flexibility index (Phi) is 3.77. The molecular weight excluding hydrogens is 212 g/mol. The molecule has 1 aromatic rings. The first kappa shape index (κ1) is 11.7. The SMILES string of the molecule is N#CCc1ccccc1C(=O)N1CCCCC1. The van der Waals surface area contributed by atoms with E-state index in [4.69, 9.17) is 5.26 Å². The first-order chi connectivity index (χ1) is 8.33. The monoisotopic (exact) mass is 228 g/mol. The fourth-order valence-electron chi connectivity index (χ4n) is 2.24. The van der Waals surface area contributed by atoms with E-state index < -0.39 is 0 Å². The topological polar surface area (TPSA) is 44.1 Å². The summed E-state index contributed by atoms with van der Waals surface area (Å²) >= 11 is 0. The predicted molar refractivity (Wildman–Crippen MR) is 65.5 cm³/mol. The van der Waals surface area contributed by atoms with Gasteiger partial charge >= 0.3 is 0 Å². The van der Waals surface area contributed by atoms with E-state index in [9.17, 15) is 4.79 Å². The lowest BCUT2D eigenvalue weighted by Crippen LogP contribution is -2.36. The molecule has 0 radical (unpaired) electrons. The first-order valence-corrected chi connectivity index (χ1v) is 6.07. The Balaban J connectivity index is 2.20. The van der Waals surface area contributed by atoms with Crippen molar-refractivity contribution >= 4 is 5.91 Å². The molecule has 0 aliphatic carbocycles. The van der Waals surface area contributed by atoms with E-state index in [2.05, 4.69) is 6.07 Å². The van der Waals surface area contributed by atoms with Gasteiger partial charge in [0.2, 0.25) is 0 Å². The van der Waals surface area contributed by atoms with Crippen LogP contribution in [-0.2, 0) is 6.42 Å². The molecule has 1 fully saturated rings. The molecule has 0 unspecified atom stereocenters. The maximum atomic E-state index is 12.3. The third kappa shape index (κ3) is 2.65. The van der Waals surface area contributed by atoms with Crippen molar-refractivity contribution in [3.05, 3.63) is 35.4 Å². The van der Waals surface area contributed by atoms with E-state index in [1.165, 1.54) is 6.42 Å². The van der Waals surface area contributed by atoms with Gasteiger partial charge < -0.3 is 4.90 Å². The molecule has 1 saturated heterocycles. The van der Waals surface area contributed by atoms with Crippen LogP contribution in [0.1, 0.15) is 35.2 Å². The minimum absolute atomic E-state index is 0.0792. The third-order valence-electron chi connectivity index (χ3n) is 3.16. The molecule has 0 atom stereocenters. The van der Waals surface area contributed by atoms with E-state index in [-0.39, 0.29) is 5.91 Å². The zero-order valence-corrected chi connectivity index (χ0v) is 9.85. The normalized spacial score (nSPS) is 15.4. The summed E-state index contributed by atoms with van der Waals surface area (Å²) in [4.78, 5) is 14.2. The van der Waals surface area contributed by atoms with E-state index >= 15 is 0 Å². The maximum absolute atomic E-state index is 12.3. The van der Waals surface area contributed by atoms with E-state index in [0.717, 1.165) is 31.5 Å². The quantitative estimate of drug-likeness (QED) is 0.780. The lowest BCUT2D eigenvalue weighted by molar-refractivity contribution is 0.0723. The van der Waals surface area contributed by atoms with Crippen LogP contribution in [0.3, 0.4) is 0 Å². The predicted octanol–water partition coefficient (Wildman–Crippen LogP) is 2.38. The van der Waals surface area contributed by atoms with Crippen molar-refractivity contribution in [1.29, 1.82) is 5.26 Å². The smallest absolute Gasteiger partial charge is 0.254 e. The van der Waals surface area contributed by atoms with Gasteiger partial charge in [-0.15, -0.1) is 0 Å². The van der Waals surface area contributed by atoms with Gasteiger partial charge in [0.15, 0.2) is 0 Å². The van der Waals surface area contributed by atoms with Crippen molar-refractivity contribution in [2.75, 3.05) is 13.1 Å². The van der Waals surface area contributed by atoms with E-state index in [0.29, 0.717) is 12.0 Å². The fourth-order valence-corrected chi connectivity index (χ4v) is 2.24. The number of benzene rings is 1. The van der Waals surface area contributed by atoms with Crippen molar-refractivity contribution in [3.63, 3.8) is 0 Å². The summed E-state index contributed by atoms with van der Waals surface area (Å²) in [7, 11) is 0. The number of nitrogens with zero attached hydrogens (tertiary/aromatic N) is 2. The van der Waals surface area contributed by atoms with E-state index in [1.807, 2.05) is 29.2 Å². The Morgan fingerprint density at radius 1 is 1.24 bits per heavy atom. The highest BCUT2D eigenvalue weighted by Crippen LogP contribution is 2.16. The summed E-state index contributed by atoms with van der Waals surface area (Å²) in [5.74, 6) is 0.0792. The summed E-state index contributed by atoms with van der Waals surface area (Å²) in [5, 5.41) is 8.76. The minimum atomic E-state index is 0.0792. The van der Waals surface area contributed by atoms with Crippen LogP contribution in [0, 0.1) is 11.3 Å². The van der Waals surface area contributed by atoms with Gasteiger partial charge in [-0.25, -0.2) is 0 Å². The summed E-state index contributed by atoms with van der Waals surface area (Å²) in [6.07, 6.45) is 3.69. The Morgan fingerprint density at radius 2 is 1.94 bits per heavy atom. The second-order valence-electron chi connectivity index (χ2n) is 4.34. The number of carbonyl (C=O) groups is 1. The average Bonchev–Trinajstić information content (AvgIpc) is 2.40. The maximum Gasteiger partial charge on any atom is 0.254 e. The minimum Gasteiger partial charge on any atom is -0.339 e. The van der Waals surface area contributed by atoms with Crippen molar-refractivity contribution in [2.45, 2.75) is 25.7 Å². The van der Waals surface area contributed by atoms with Gasteiger partial charge in [0.05, 0.1) is 12.5 Å². The fraction of sp³-hybridized carbons (Fsp3) is 0.429.